The van der Waals surface area contributed by atoms with Crippen LogP contribution in [0.5, 0.6) is 0 Å². The zero-order chi connectivity index (χ0) is 15.3. The average Bonchev–Trinajstić information content (AvgIpc) is 2.43. The number of benzene rings is 1. The summed E-state index contributed by atoms with van der Waals surface area (Å²) >= 11 is 5.79. The summed E-state index contributed by atoms with van der Waals surface area (Å²) in [6, 6.07) is 5.69. The Morgan fingerprint density at radius 3 is 2.35 bits per heavy atom. The number of nitrogens with zero attached hydrogens (tertiary/aromatic N) is 1. The molecule has 1 rings (SSSR count). The lowest BCUT2D eigenvalue weighted by Gasteiger charge is -2.26. The molecule has 1 amide bonds. The van der Waals surface area contributed by atoms with Crippen molar-refractivity contribution >= 4 is 29.2 Å². The molecule has 20 heavy (non-hydrogen) atoms. The SMILES string of the molecule is CC[C@H](C)[C@H](N)C(=O)N(CC(=O)O)c1ccc(Cl)cc1. The van der Waals surface area contributed by atoms with Crippen LogP contribution in [-0.2, 0) is 9.59 Å². The van der Waals surface area contributed by atoms with Crippen LogP contribution in [0, 0.1) is 5.92 Å². The number of carboxylic acids is 1. The number of carbonyl (C=O) groups excluding carboxylic acids is 1. The van der Waals surface area contributed by atoms with Gasteiger partial charge in [-0.1, -0.05) is 31.9 Å². The van der Waals surface area contributed by atoms with E-state index in [4.69, 9.17) is 22.4 Å². The van der Waals surface area contributed by atoms with Crippen LogP contribution < -0.4 is 10.6 Å². The Bertz CT molecular complexity index is 476. The van der Waals surface area contributed by atoms with Crippen molar-refractivity contribution in [3.63, 3.8) is 0 Å². The molecule has 1 aromatic rings. The van der Waals surface area contributed by atoms with Crippen LogP contribution >= 0.6 is 11.6 Å². The van der Waals surface area contributed by atoms with E-state index in [9.17, 15) is 9.59 Å². The number of hydrogen-bond acceptors (Lipinski definition) is 3. The highest BCUT2D eigenvalue weighted by molar-refractivity contribution is 6.30. The first-order chi connectivity index (χ1) is 9.36. The second-order valence-electron chi connectivity index (χ2n) is 4.71. The fourth-order valence-corrected chi connectivity index (χ4v) is 1.86. The van der Waals surface area contributed by atoms with E-state index in [1.165, 1.54) is 4.90 Å². The highest BCUT2D eigenvalue weighted by atomic mass is 35.5. The average molecular weight is 299 g/mol. The number of halogens is 1. The second kappa shape index (κ2) is 7.26. The van der Waals surface area contributed by atoms with E-state index in [1.54, 1.807) is 24.3 Å². The van der Waals surface area contributed by atoms with Gasteiger partial charge in [0.2, 0.25) is 5.91 Å². The van der Waals surface area contributed by atoms with Gasteiger partial charge in [0.1, 0.15) is 6.54 Å². The van der Waals surface area contributed by atoms with Gasteiger partial charge in [-0.25, -0.2) is 0 Å². The zero-order valence-corrected chi connectivity index (χ0v) is 12.3. The van der Waals surface area contributed by atoms with Gasteiger partial charge in [0.15, 0.2) is 0 Å². The number of amides is 1. The molecule has 0 aliphatic rings. The second-order valence-corrected chi connectivity index (χ2v) is 5.14. The lowest BCUT2D eigenvalue weighted by Crippen LogP contribution is -2.49. The molecule has 0 aliphatic heterocycles. The van der Waals surface area contributed by atoms with Gasteiger partial charge in [0, 0.05) is 10.7 Å². The normalized spacial score (nSPS) is 13.6. The third kappa shape index (κ3) is 4.21. The first kappa shape index (κ1) is 16.5. The number of carboxylic acid groups (broad SMARTS) is 1. The molecular formula is C14H19ClN2O3. The smallest absolute Gasteiger partial charge is 0.323 e. The van der Waals surface area contributed by atoms with Gasteiger partial charge >= 0.3 is 5.97 Å². The fourth-order valence-electron chi connectivity index (χ4n) is 1.73. The summed E-state index contributed by atoms with van der Waals surface area (Å²) in [7, 11) is 0. The molecule has 110 valence electrons. The molecule has 0 spiro atoms. The van der Waals surface area contributed by atoms with Crippen molar-refractivity contribution in [1.82, 2.24) is 0 Å². The molecule has 0 aromatic heterocycles. The minimum absolute atomic E-state index is 0.0221. The lowest BCUT2D eigenvalue weighted by molar-refractivity contribution is -0.137. The van der Waals surface area contributed by atoms with Gasteiger partial charge in [-0.2, -0.15) is 0 Å². The molecule has 3 N–H and O–H groups in total. The Kier molecular flexibility index (Phi) is 5.98. The van der Waals surface area contributed by atoms with E-state index in [1.807, 2.05) is 13.8 Å². The maximum Gasteiger partial charge on any atom is 0.323 e. The van der Waals surface area contributed by atoms with Crippen molar-refractivity contribution in [3.05, 3.63) is 29.3 Å². The molecule has 0 saturated heterocycles. The van der Waals surface area contributed by atoms with E-state index >= 15 is 0 Å². The van der Waals surface area contributed by atoms with Crippen LogP contribution in [0.2, 0.25) is 5.02 Å². The Labute approximate surface area is 123 Å². The first-order valence-corrected chi connectivity index (χ1v) is 6.79. The molecule has 1 aromatic carbocycles. The van der Waals surface area contributed by atoms with Crippen molar-refractivity contribution in [2.45, 2.75) is 26.3 Å². The standard InChI is InChI=1S/C14H19ClN2O3/c1-3-9(2)13(16)14(20)17(8-12(18)19)11-6-4-10(15)5-7-11/h4-7,9,13H,3,8,16H2,1-2H3,(H,18,19)/t9-,13-/m0/s1. The molecule has 0 saturated carbocycles. The van der Waals surface area contributed by atoms with Gasteiger partial charge < -0.3 is 10.8 Å². The van der Waals surface area contributed by atoms with E-state index in [0.717, 1.165) is 6.42 Å². The fraction of sp³-hybridized carbons (Fsp3) is 0.429. The Morgan fingerprint density at radius 1 is 1.35 bits per heavy atom. The number of carbonyl (C=O) groups is 2. The van der Waals surface area contributed by atoms with Gasteiger partial charge in [0.05, 0.1) is 6.04 Å². The van der Waals surface area contributed by atoms with E-state index in [-0.39, 0.29) is 5.92 Å². The zero-order valence-electron chi connectivity index (χ0n) is 11.5. The lowest BCUT2D eigenvalue weighted by atomic mass is 9.98. The Balaban J connectivity index is 3.03. The predicted molar refractivity (Wildman–Crippen MR) is 78.9 cm³/mol. The van der Waals surface area contributed by atoms with Crippen LogP contribution in [-0.4, -0.2) is 29.6 Å². The van der Waals surface area contributed by atoms with Crippen molar-refractivity contribution in [3.8, 4) is 0 Å². The molecule has 0 aliphatic carbocycles. The monoisotopic (exact) mass is 298 g/mol. The van der Waals surface area contributed by atoms with E-state index in [2.05, 4.69) is 0 Å². The maximum absolute atomic E-state index is 12.4. The highest BCUT2D eigenvalue weighted by Gasteiger charge is 2.27. The minimum atomic E-state index is -1.09. The minimum Gasteiger partial charge on any atom is -0.480 e. The summed E-state index contributed by atoms with van der Waals surface area (Å²) in [5, 5.41) is 9.48. The Morgan fingerprint density at radius 2 is 1.90 bits per heavy atom. The number of nitrogens with two attached hydrogens (primary N) is 1. The van der Waals surface area contributed by atoms with Gasteiger partial charge in [-0.15, -0.1) is 0 Å². The van der Waals surface area contributed by atoms with Crippen molar-refractivity contribution in [2.24, 2.45) is 11.7 Å². The molecule has 6 heteroatoms. The van der Waals surface area contributed by atoms with E-state index < -0.39 is 24.5 Å². The Hall–Kier alpha value is -1.59. The van der Waals surface area contributed by atoms with Crippen LogP contribution in [0.3, 0.4) is 0 Å². The summed E-state index contributed by atoms with van der Waals surface area (Å²) in [5.74, 6) is -1.51. The maximum atomic E-state index is 12.4. The number of rotatable bonds is 6. The third-order valence-electron chi connectivity index (χ3n) is 3.24. The largest absolute Gasteiger partial charge is 0.480 e. The molecular weight excluding hydrogens is 280 g/mol. The van der Waals surface area contributed by atoms with Crippen molar-refractivity contribution in [2.75, 3.05) is 11.4 Å². The molecule has 0 radical (unpaired) electrons. The summed E-state index contributed by atoms with van der Waals surface area (Å²) in [6.07, 6.45) is 0.744. The third-order valence-corrected chi connectivity index (χ3v) is 3.49. The molecule has 0 unspecified atom stereocenters. The van der Waals surface area contributed by atoms with Crippen LogP contribution in [0.15, 0.2) is 24.3 Å². The number of aliphatic carboxylic acids is 1. The van der Waals surface area contributed by atoms with Crippen LogP contribution in [0.25, 0.3) is 0 Å². The van der Waals surface area contributed by atoms with Gasteiger partial charge in [-0.05, 0) is 30.2 Å². The summed E-state index contributed by atoms with van der Waals surface area (Å²) in [5.41, 5.74) is 6.38. The predicted octanol–water partition coefficient (Wildman–Crippen LogP) is 2.13. The van der Waals surface area contributed by atoms with Crippen LogP contribution in [0.4, 0.5) is 5.69 Å². The molecule has 0 heterocycles. The summed E-state index contributed by atoms with van der Waals surface area (Å²) < 4.78 is 0. The molecule has 5 nitrogen and oxygen atoms in total. The van der Waals surface area contributed by atoms with Gasteiger partial charge in [-0.3, -0.25) is 14.5 Å². The van der Waals surface area contributed by atoms with Crippen molar-refractivity contribution in [1.29, 1.82) is 0 Å². The summed E-state index contributed by atoms with van der Waals surface area (Å²) in [6.45, 7) is 3.37. The van der Waals surface area contributed by atoms with Crippen LogP contribution in [0.1, 0.15) is 20.3 Å². The van der Waals surface area contributed by atoms with Crippen molar-refractivity contribution < 1.29 is 14.7 Å². The van der Waals surface area contributed by atoms with Gasteiger partial charge in [0.25, 0.3) is 0 Å². The highest BCUT2D eigenvalue weighted by Crippen LogP contribution is 2.20. The first-order valence-electron chi connectivity index (χ1n) is 6.41. The van der Waals surface area contributed by atoms with E-state index in [0.29, 0.717) is 10.7 Å². The molecule has 2 atom stereocenters. The summed E-state index contributed by atoms with van der Waals surface area (Å²) in [4.78, 5) is 24.5. The topological polar surface area (TPSA) is 83.6 Å². The number of hydrogen-bond donors (Lipinski definition) is 2. The molecule has 0 fully saturated rings. The molecule has 0 bridgehead atoms. The number of anilines is 1. The quantitative estimate of drug-likeness (QED) is 0.842.